The van der Waals surface area contributed by atoms with Crippen molar-refractivity contribution in [2.24, 2.45) is 0 Å². The average molecular weight is 531 g/mol. The first-order chi connectivity index (χ1) is 18.9. The molecule has 1 atom stereocenters. The molecule has 0 aromatic heterocycles. The number of carbonyl (C=O) groups is 2. The maximum Gasteiger partial charge on any atom is 0.343 e. The Balaban J connectivity index is 1.58. The van der Waals surface area contributed by atoms with E-state index in [9.17, 15) is 14.8 Å². The van der Waals surface area contributed by atoms with Gasteiger partial charge >= 0.3 is 11.9 Å². The summed E-state index contributed by atoms with van der Waals surface area (Å²) >= 11 is 0. The highest BCUT2D eigenvalue weighted by molar-refractivity contribution is 6.14. The number of carbonyl (C=O) groups excluding carboxylic acids is 2. The minimum atomic E-state index is -1.12. The fourth-order valence-electron chi connectivity index (χ4n) is 4.78. The van der Waals surface area contributed by atoms with Gasteiger partial charge in [-0.2, -0.15) is 5.23 Å². The molecule has 4 aromatic rings. The third kappa shape index (κ3) is 4.05. The van der Waals surface area contributed by atoms with E-state index in [1.165, 1.54) is 38.5 Å². The number of quaternary nitrogens is 1. The summed E-state index contributed by atoms with van der Waals surface area (Å²) in [6, 6.07) is 14.1. The number of rotatable bonds is 6. The van der Waals surface area contributed by atoms with Gasteiger partial charge in [-0.15, -0.1) is 0 Å². The minimum Gasteiger partial charge on any atom is -0.595 e. The van der Waals surface area contributed by atoms with Gasteiger partial charge in [0.25, 0.3) is 0 Å². The summed E-state index contributed by atoms with van der Waals surface area (Å²) in [6.45, 7) is -0.0242. The maximum absolute atomic E-state index is 13.2. The molecule has 2 N–H and O–H groups in total. The highest BCUT2D eigenvalue weighted by Crippen LogP contribution is 2.49. The fourth-order valence-corrected chi connectivity index (χ4v) is 4.78. The molecular weight excluding hydrogens is 510 g/mol. The molecule has 39 heavy (non-hydrogen) atoms. The third-order valence-electron chi connectivity index (χ3n) is 6.64. The molecule has 1 unspecified atom stereocenters. The largest absolute Gasteiger partial charge is 0.595 e. The highest BCUT2D eigenvalue weighted by atomic mass is 16.8. The number of esters is 2. The van der Waals surface area contributed by atoms with Gasteiger partial charge in [0, 0.05) is 28.6 Å². The highest BCUT2D eigenvalue weighted by Gasteiger charge is 2.34. The number of benzene rings is 4. The second-order valence-corrected chi connectivity index (χ2v) is 8.73. The summed E-state index contributed by atoms with van der Waals surface area (Å²) in [7, 11) is 2.98. The standard InChI is InChI=1S/C28H21NO10/c1-34-21-10-17-18(11-22(21)35-2)26(39-27(30)14-3-6-16(7-4-14)29(32)33)19-12-36-28(31)25(19)24(17)15-5-8-20-23(9-15)38-13-37-20/h3-11,29,32H,12-13H2,1-2H3. The normalized spacial score (nSPS) is 14.1. The van der Waals surface area contributed by atoms with E-state index >= 15 is 0 Å². The van der Waals surface area contributed by atoms with Crippen molar-refractivity contribution in [3.63, 3.8) is 0 Å². The predicted octanol–water partition coefficient (Wildman–Crippen LogP) is 3.55. The first-order valence-corrected chi connectivity index (χ1v) is 11.8. The van der Waals surface area contributed by atoms with Gasteiger partial charge in [-0.3, -0.25) is 0 Å². The zero-order valence-corrected chi connectivity index (χ0v) is 20.7. The van der Waals surface area contributed by atoms with Crippen LogP contribution in [0.3, 0.4) is 0 Å². The van der Waals surface area contributed by atoms with Crippen molar-refractivity contribution in [3.8, 4) is 39.9 Å². The van der Waals surface area contributed by atoms with E-state index < -0.39 is 17.2 Å². The molecule has 11 nitrogen and oxygen atoms in total. The second-order valence-electron chi connectivity index (χ2n) is 8.73. The molecular formula is C28H21NO10. The van der Waals surface area contributed by atoms with Crippen LogP contribution in [-0.4, -0.2) is 38.2 Å². The number of fused-ring (bicyclic) bond motifs is 3. The van der Waals surface area contributed by atoms with Crippen LogP contribution < -0.4 is 28.9 Å². The van der Waals surface area contributed by atoms with Crippen LogP contribution in [0.15, 0.2) is 54.6 Å². The SMILES string of the molecule is COc1cc2c(OC(=O)c3ccc([NH+]([O-])O)cc3)c3c(c(-c4ccc5c(c4)OCO5)c2cc1OC)C(=O)OC3. The van der Waals surface area contributed by atoms with Gasteiger partial charge < -0.3 is 33.6 Å². The molecule has 198 valence electrons. The molecule has 4 aromatic carbocycles. The number of hydrogen-bond donors (Lipinski definition) is 2. The van der Waals surface area contributed by atoms with E-state index in [0.29, 0.717) is 50.5 Å². The van der Waals surface area contributed by atoms with Gasteiger partial charge in [-0.1, -0.05) is 6.07 Å². The van der Waals surface area contributed by atoms with Crippen molar-refractivity contribution >= 4 is 28.4 Å². The lowest BCUT2D eigenvalue weighted by atomic mass is 9.89. The summed E-state index contributed by atoms with van der Waals surface area (Å²) in [5.41, 5.74) is 2.01. The van der Waals surface area contributed by atoms with Crippen LogP contribution in [0.25, 0.3) is 21.9 Å². The molecule has 0 radical (unpaired) electrons. The molecule has 2 aliphatic rings. The van der Waals surface area contributed by atoms with E-state index in [4.69, 9.17) is 33.6 Å². The molecule has 2 aliphatic heterocycles. The zero-order chi connectivity index (χ0) is 27.3. The summed E-state index contributed by atoms with van der Waals surface area (Å²) < 4.78 is 33.4. The van der Waals surface area contributed by atoms with Crippen LogP contribution in [0.4, 0.5) is 5.69 Å². The van der Waals surface area contributed by atoms with Crippen molar-refractivity contribution in [1.29, 1.82) is 0 Å². The number of ether oxygens (including phenoxy) is 6. The molecule has 0 fully saturated rings. The molecule has 0 aliphatic carbocycles. The smallest absolute Gasteiger partial charge is 0.343 e. The van der Waals surface area contributed by atoms with Crippen LogP contribution in [0, 0.1) is 5.21 Å². The van der Waals surface area contributed by atoms with Crippen molar-refractivity contribution < 1.29 is 48.4 Å². The number of cyclic esters (lactones) is 1. The number of hydrogen-bond acceptors (Lipinski definition) is 10. The fraction of sp³-hybridized carbons (Fsp3) is 0.143. The van der Waals surface area contributed by atoms with Crippen molar-refractivity contribution in [2.75, 3.05) is 21.0 Å². The van der Waals surface area contributed by atoms with Crippen LogP contribution in [0.2, 0.25) is 0 Å². The first kappa shape index (κ1) is 24.5. The van der Waals surface area contributed by atoms with Crippen molar-refractivity contribution in [2.45, 2.75) is 6.61 Å². The van der Waals surface area contributed by atoms with Crippen molar-refractivity contribution in [3.05, 3.63) is 76.5 Å². The quantitative estimate of drug-likeness (QED) is 0.216. The van der Waals surface area contributed by atoms with Gasteiger partial charge in [-0.25, -0.2) is 14.8 Å². The zero-order valence-electron chi connectivity index (χ0n) is 20.7. The average Bonchev–Trinajstić information content (AvgIpc) is 3.58. The molecule has 11 heteroatoms. The van der Waals surface area contributed by atoms with Crippen LogP contribution in [0.5, 0.6) is 28.7 Å². The Morgan fingerprint density at radius 1 is 0.897 bits per heavy atom. The molecule has 0 bridgehead atoms. The Morgan fingerprint density at radius 3 is 2.28 bits per heavy atom. The summed E-state index contributed by atoms with van der Waals surface area (Å²) in [4.78, 5) is 26.3. The molecule has 0 spiro atoms. The minimum absolute atomic E-state index is 0.0294. The van der Waals surface area contributed by atoms with Gasteiger partial charge in [-0.05, 0) is 47.3 Å². The Hall–Kier alpha value is -4.84. The third-order valence-corrected chi connectivity index (χ3v) is 6.64. The summed E-state index contributed by atoms with van der Waals surface area (Å²) in [5.74, 6) is 0.721. The van der Waals surface area contributed by atoms with Crippen molar-refractivity contribution in [1.82, 2.24) is 0 Å². The lowest BCUT2D eigenvalue weighted by Gasteiger charge is -2.19. The molecule has 2 heterocycles. The van der Waals surface area contributed by atoms with Gasteiger partial charge in [0.2, 0.25) is 6.79 Å². The van der Waals surface area contributed by atoms with E-state index in [-0.39, 0.29) is 36.0 Å². The molecule has 0 saturated heterocycles. The molecule has 6 rings (SSSR count). The summed E-state index contributed by atoms with van der Waals surface area (Å²) in [5, 5.41) is 20.3. The van der Waals surface area contributed by atoms with Crippen LogP contribution >= 0.6 is 0 Å². The molecule has 0 amide bonds. The number of nitrogens with one attached hydrogen (secondary N) is 1. The van der Waals surface area contributed by atoms with Gasteiger partial charge in [0.1, 0.15) is 12.4 Å². The van der Waals surface area contributed by atoms with E-state index in [1.807, 2.05) is 0 Å². The Bertz CT molecular complexity index is 1650. The Morgan fingerprint density at radius 2 is 1.59 bits per heavy atom. The van der Waals surface area contributed by atoms with E-state index in [0.717, 1.165) is 0 Å². The van der Waals surface area contributed by atoms with Crippen LogP contribution in [-0.2, 0) is 11.3 Å². The Labute approximate surface area is 221 Å². The second kappa shape index (κ2) is 9.48. The van der Waals surface area contributed by atoms with Gasteiger partial charge in [0.05, 0.1) is 25.3 Å². The molecule has 0 saturated carbocycles. The van der Waals surface area contributed by atoms with E-state index in [1.54, 1.807) is 30.3 Å². The lowest BCUT2D eigenvalue weighted by molar-refractivity contribution is -0.991. The Kier molecular flexibility index (Phi) is 5.95. The van der Waals surface area contributed by atoms with Gasteiger partial charge in [0.15, 0.2) is 28.7 Å². The lowest BCUT2D eigenvalue weighted by Crippen LogP contribution is -2.99. The number of methoxy groups -OCH3 is 2. The first-order valence-electron chi connectivity index (χ1n) is 11.8. The van der Waals surface area contributed by atoms with Crippen LogP contribution in [0.1, 0.15) is 26.3 Å². The maximum atomic E-state index is 13.2. The summed E-state index contributed by atoms with van der Waals surface area (Å²) in [6.07, 6.45) is 0. The predicted molar refractivity (Wildman–Crippen MR) is 135 cm³/mol. The topological polar surface area (TPSA) is 137 Å². The monoisotopic (exact) mass is 531 g/mol. The van der Waals surface area contributed by atoms with E-state index in [2.05, 4.69) is 0 Å².